The molecule has 0 saturated heterocycles. The maximum Gasteiger partial charge on any atom is 0.330 e. The summed E-state index contributed by atoms with van der Waals surface area (Å²) in [4.78, 5) is 35.0. The van der Waals surface area contributed by atoms with Gasteiger partial charge >= 0.3 is 17.9 Å². The molecule has 162 valence electrons. The van der Waals surface area contributed by atoms with E-state index in [0.717, 1.165) is 0 Å². The molecule has 2 aromatic rings. The molecule has 31 heavy (non-hydrogen) atoms. The Hall–Kier alpha value is -4.07. The lowest BCUT2D eigenvalue weighted by molar-refractivity contribution is -0.162. The second kappa shape index (κ2) is 11.8. The number of hydrogen-bond donors (Lipinski definition) is 2. The lowest BCUT2D eigenvalue weighted by Crippen LogP contribution is -2.29. The SMILES string of the molecule is CC(=O)OC(COC(=O)/C=C/c1ccc(O)cc1)COC(=O)/C=C/c1ccc(O)cc1. The summed E-state index contributed by atoms with van der Waals surface area (Å²) >= 11 is 0. The molecular weight excluding hydrogens is 404 g/mol. The minimum atomic E-state index is -0.963. The van der Waals surface area contributed by atoms with Gasteiger partial charge in [-0.25, -0.2) is 9.59 Å². The molecule has 8 nitrogen and oxygen atoms in total. The molecule has 0 bridgehead atoms. The number of carbonyl (C=O) groups excluding carboxylic acids is 3. The number of phenolic OH excluding ortho intramolecular Hbond substituents is 2. The van der Waals surface area contributed by atoms with E-state index in [-0.39, 0.29) is 24.7 Å². The number of benzene rings is 2. The first kappa shape index (κ1) is 23.2. The van der Waals surface area contributed by atoms with Crippen molar-refractivity contribution in [2.45, 2.75) is 13.0 Å². The van der Waals surface area contributed by atoms with Crippen LogP contribution in [-0.4, -0.2) is 47.4 Å². The molecule has 8 heteroatoms. The van der Waals surface area contributed by atoms with Crippen molar-refractivity contribution in [2.75, 3.05) is 13.2 Å². The van der Waals surface area contributed by atoms with Gasteiger partial charge in [0.05, 0.1) is 0 Å². The molecular formula is C23H22O8. The Bertz CT molecular complexity index is 871. The Morgan fingerprint density at radius 2 is 1.16 bits per heavy atom. The van der Waals surface area contributed by atoms with E-state index in [9.17, 15) is 24.6 Å². The average Bonchev–Trinajstić information content (AvgIpc) is 2.74. The standard InChI is InChI=1S/C23H22O8/c1-16(24)31-21(14-29-22(27)12-6-17-2-8-19(25)9-3-17)15-30-23(28)13-7-18-4-10-20(26)11-5-18/h2-13,21,25-26H,14-15H2,1H3/b12-6+,13-7+. The number of carbonyl (C=O) groups is 3. The zero-order chi connectivity index (χ0) is 22.6. The first-order valence-electron chi connectivity index (χ1n) is 9.27. The Kier molecular flexibility index (Phi) is 8.85. The molecule has 2 rings (SSSR count). The fraction of sp³-hybridized carbons (Fsp3) is 0.174. The highest BCUT2D eigenvalue weighted by atomic mass is 16.6. The van der Waals surface area contributed by atoms with Crippen molar-refractivity contribution in [1.29, 1.82) is 0 Å². The molecule has 0 radical (unpaired) electrons. The molecule has 0 aliphatic heterocycles. The highest BCUT2D eigenvalue weighted by Gasteiger charge is 2.16. The third-order valence-corrected chi connectivity index (χ3v) is 3.77. The summed E-state index contributed by atoms with van der Waals surface area (Å²) in [5.41, 5.74) is 1.36. The smallest absolute Gasteiger partial charge is 0.330 e. The van der Waals surface area contributed by atoms with Gasteiger partial charge in [-0.3, -0.25) is 4.79 Å². The molecule has 0 saturated carbocycles. The monoisotopic (exact) mass is 426 g/mol. The molecule has 0 aliphatic rings. The van der Waals surface area contributed by atoms with Crippen LogP contribution < -0.4 is 0 Å². The number of ether oxygens (including phenoxy) is 3. The molecule has 0 heterocycles. The van der Waals surface area contributed by atoms with Crippen molar-refractivity contribution in [3.63, 3.8) is 0 Å². The fourth-order valence-corrected chi connectivity index (χ4v) is 2.30. The highest BCUT2D eigenvalue weighted by Crippen LogP contribution is 2.12. The van der Waals surface area contributed by atoms with E-state index in [1.165, 1.54) is 55.5 Å². The summed E-state index contributed by atoms with van der Waals surface area (Å²) in [5, 5.41) is 18.5. The topological polar surface area (TPSA) is 119 Å². The summed E-state index contributed by atoms with van der Waals surface area (Å²) in [7, 11) is 0. The fourth-order valence-electron chi connectivity index (χ4n) is 2.30. The summed E-state index contributed by atoms with van der Waals surface area (Å²) in [6.07, 6.45) is 4.40. The molecule has 0 aliphatic carbocycles. The molecule has 0 atom stereocenters. The lowest BCUT2D eigenvalue weighted by atomic mass is 10.2. The van der Waals surface area contributed by atoms with Gasteiger partial charge in [0.15, 0.2) is 6.10 Å². The van der Waals surface area contributed by atoms with Gasteiger partial charge in [0.2, 0.25) is 0 Å². The van der Waals surface area contributed by atoms with Crippen LogP contribution in [-0.2, 0) is 28.6 Å². The second-order valence-corrected chi connectivity index (χ2v) is 6.34. The van der Waals surface area contributed by atoms with E-state index in [4.69, 9.17) is 14.2 Å². The third-order valence-electron chi connectivity index (χ3n) is 3.77. The maximum absolute atomic E-state index is 11.9. The quantitative estimate of drug-likeness (QED) is 0.357. The predicted molar refractivity (Wildman–Crippen MR) is 112 cm³/mol. The van der Waals surface area contributed by atoms with Crippen LogP contribution in [0.4, 0.5) is 0 Å². The molecule has 2 N–H and O–H groups in total. The van der Waals surface area contributed by atoms with Gasteiger partial charge in [-0.2, -0.15) is 0 Å². The lowest BCUT2D eigenvalue weighted by Gasteiger charge is -2.16. The maximum atomic E-state index is 11.9. The Morgan fingerprint density at radius 1 is 0.774 bits per heavy atom. The van der Waals surface area contributed by atoms with Crippen molar-refractivity contribution in [1.82, 2.24) is 0 Å². The number of esters is 3. The van der Waals surface area contributed by atoms with Gasteiger partial charge in [-0.1, -0.05) is 24.3 Å². The van der Waals surface area contributed by atoms with Crippen LogP contribution in [0.2, 0.25) is 0 Å². The normalized spacial score (nSPS) is 11.0. The highest BCUT2D eigenvalue weighted by molar-refractivity contribution is 5.87. The third kappa shape index (κ3) is 9.31. The summed E-state index contributed by atoms with van der Waals surface area (Å²) in [6.45, 7) is 0.590. The number of rotatable bonds is 9. The number of hydrogen-bond acceptors (Lipinski definition) is 8. The Balaban J connectivity index is 1.82. The minimum absolute atomic E-state index is 0.108. The predicted octanol–water partition coefficient (Wildman–Crippen LogP) is 2.84. The zero-order valence-electron chi connectivity index (χ0n) is 16.8. The molecule has 2 aromatic carbocycles. The second-order valence-electron chi connectivity index (χ2n) is 6.34. The summed E-state index contributed by atoms with van der Waals surface area (Å²) in [5.74, 6) is -1.75. The van der Waals surface area contributed by atoms with Gasteiger partial charge in [0, 0.05) is 19.1 Å². The van der Waals surface area contributed by atoms with E-state index >= 15 is 0 Å². The number of phenols is 2. The van der Waals surface area contributed by atoms with E-state index in [2.05, 4.69) is 0 Å². The van der Waals surface area contributed by atoms with E-state index in [0.29, 0.717) is 11.1 Å². The first-order chi connectivity index (χ1) is 14.8. The van der Waals surface area contributed by atoms with Crippen molar-refractivity contribution in [2.24, 2.45) is 0 Å². The van der Waals surface area contributed by atoms with Crippen LogP contribution in [0.5, 0.6) is 11.5 Å². The Labute approximate surface area is 179 Å². The van der Waals surface area contributed by atoms with Crippen LogP contribution >= 0.6 is 0 Å². The van der Waals surface area contributed by atoms with Crippen LogP contribution in [0.1, 0.15) is 18.1 Å². The van der Waals surface area contributed by atoms with Crippen molar-refractivity contribution in [3.05, 3.63) is 71.8 Å². The van der Waals surface area contributed by atoms with E-state index < -0.39 is 24.0 Å². The summed E-state index contributed by atoms with van der Waals surface area (Å²) < 4.78 is 15.1. The molecule has 0 aromatic heterocycles. The van der Waals surface area contributed by atoms with E-state index in [1.807, 2.05) is 0 Å². The molecule has 0 amide bonds. The van der Waals surface area contributed by atoms with Gasteiger partial charge in [0.1, 0.15) is 24.7 Å². The van der Waals surface area contributed by atoms with Crippen molar-refractivity contribution < 1.29 is 38.8 Å². The van der Waals surface area contributed by atoms with Gasteiger partial charge in [-0.15, -0.1) is 0 Å². The largest absolute Gasteiger partial charge is 0.508 e. The van der Waals surface area contributed by atoms with Crippen LogP contribution in [0.3, 0.4) is 0 Å². The number of aromatic hydroxyl groups is 2. The van der Waals surface area contributed by atoms with Crippen LogP contribution in [0.25, 0.3) is 12.2 Å². The first-order valence-corrected chi connectivity index (χ1v) is 9.27. The zero-order valence-corrected chi connectivity index (χ0v) is 16.8. The van der Waals surface area contributed by atoms with Crippen molar-refractivity contribution in [3.8, 4) is 11.5 Å². The molecule has 0 unspecified atom stereocenters. The average molecular weight is 426 g/mol. The van der Waals surface area contributed by atoms with Crippen LogP contribution in [0, 0.1) is 0 Å². The molecule has 0 spiro atoms. The van der Waals surface area contributed by atoms with E-state index in [1.54, 1.807) is 24.3 Å². The van der Waals surface area contributed by atoms with Gasteiger partial charge < -0.3 is 24.4 Å². The van der Waals surface area contributed by atoms with Gasteiger partial charge in [-0.05, 0) is 47.5 Å². The summed E-state index contributed by atoms with van der Waals surface area (Å²) in [6, 6.07) is 12.4. The van der Waals surface area contributed by atoms with Crippen LogP contribution in [0.15, 0.2) is 60.7 Å². The Morgan fingerprint density at radius 3 is 1.52 bits per heavy atom. The minimum Gasteiger partial charge on any atom is -0.508 e. The molecule has 0 fully saturated rings. The van der Waals surface area contributed by atoms with Gasteiger partial charge in [0.25, 0.3) is 0 Å². The van der Waals surface area contributed by atoms with Crippen molar-refractivity contribution >= 4 is 30.1 Å².